The molecule has 0 aliphatic rings. The van der Waals surface area contributed by atoms with Crippen LogP contribution in [0.1, 0.15) is 34.8 Å². The van der Waals surface area contributed by atoms with Crippen molar-refractivity contribution in [1.29, 1.82) is 0 Å². The van der Waals surface area contributed by atoms with Gasteiger partial charge in [0.15, 0.2) is 0 Å². The number of benzene rings is 2. The fourth-order valence-corrected chi connectivity index (χ4v) is 2.10. The summed E-state index contributed by atoms with van der Waals surface area (Å²) >= 11 is 0. The van der Waals surface area contributed by atoms with Crippen LogP contribution < -0.4 is 15.8 Å². The molecule has 116 valence electrons. The van der Waals surface area contributed by atoms with Gasteiger partial charge in [0.05, 0.1) is 12.3 Å². The van der Waals surface area contributed by atoms with Crippen molar-refractivity contribution in [2.75, 3.05) is 17.7 Å². The summed E-state index contributed by atoms with van der Waals surface area (Å²) < 4.78 is 5.52. The second-order valence-electron chi connectivity index (χ2n) is 5.37. The van der Waals surface area contributed by atoms with Gasteiger partial charge >= 0.3 is 0 Å². The maximum Gasteiger partial charge on any atom is 0.255 e. The molecule has 3 N–H and O–H groups in total. The first-order valence-electron chi connectivity index (χ1n) is 7.42. The SMILES string of the molecule is CCCOc1ccc(C(=O)Nc2cc(C)ccc2C)cc1N. The van der Waals surface area contributed by atoms with E-state index in [0.29, 0.717) is 23.6 Å². The van der Waals surface area contributed by atoms with Crippen LogP contribution in [-0.2, 0) is 0 Å². The Morgan fingerprint density at radius 2 is 1.95 bits per heavy atom. The van der Waals surface area contributed by atoms with Crippen LogP contribution in [0.15, 0.2) is 36.4 Å². The van der Waals surface area contributed by atoms with E-state index in [1.807, 2.05) is 39.0 Å². The van der Waals surface area contributed by atoms with Crippen LogP contribution in [0.25, 0.3) is 0 Å². The van der Waals surface area contributed by atoms with Crippen LogP contribution in [0, 0.1) is 13.8 Å². The summed E-state index contributed by atoms with van der Waals surface area (Å²) in [5.74, 6) is 0.438. The lowest BCUT2D eigenvalue weighted by molar-refractivity contribution is 0.102. The van der Waals surface area contributed by atoms with Crippen LogP contribution >= 0.6 is 0 Å². The number of ether oxygens (including phenoxy) is 1. The predicted molar refractivity (Wildman–Crippen MR) is 90.5 cm³/mol. The lowest BCUT2D eigenvalue weighted by Gasteiger charge is -2.12. The van der Waals surface area contributed by atoms with Gasteiger partial charge in [-0.2, -0.15) is 0 Å². The molecule has 2 aromatic carbocycles. The van der Waals surface area contributed by atoms with Crippen molar-refractivity contribution >= 4 is 17.3 Å². The third-order valence-electron chi connectivity index (χ3n) is 3.37. The van der Waals surface area contributed by atoms with Gasteiger partial charge in [0.25, 0.3) is 5.91 Å². The van der Waals surface area contributed by atoms with E-state index >= 15 is 0 Å². The first-order valence-corrected chi connectivity index (χ1v) is 7.42. The van der Waals surface area contributed by atoms with E-state index in [1.54, 1.807) is 18.2 Å². The van der Waals surface area contributed by atoms with Gasteiger partial charge in [-0.25, -0.2) is 0 Å². The molecule has 0 spiro atoms. The molecule has 0 aliphatic heterocycles. The third-order valence-corrected chi connectivity index (χ3v) is 3.37. The molecule has 2 aromatic rings. The lowest BCUT2D eigenvalue weighted by atomic mass is 10.1. The summed E-state index contributed by atoms with van der Waals surface area (Å²) in [4.78, 5) is 12.3. The molecule has 0 aromatic heterocycles. The number of nitrogens with two attached hydrogens (primary N) is 1. The summed E-state index contributed by atoms with van der Waals surface area (Å²) in [6.45, 7) is 6.60. The molecule has 0 aliphatic carbocycles. The number of nitrogens with one attached hydrogen (secondary N) is 1. The number of rotatable bonds is 5. The molecule has 4 heteroatoms. The summed E-state index contributed by atoms with van der Waals surface area (Å²) in [6.07, 6.45) is 0.911. The third kappa shape index (κ3) is 3.79. The van der Waals surface area contributed by atoms with E-state index in [-0.39, 0.29) is 5.91 Å². The van der Waals surface area contributed by atoms with Crippen molar-refractivity contribution in [2.45, 2.75) is 27.2 Å². The highest BCUT2D eigenvalue weighted by molar-refractivity contribution is 6.05. The number of hydrogen-bond donors (Lipinski definition) is 2. The van der Waals surface area contributed by atoms with Gasteiger partial charge in [0.2, 0.25) is 0 Å². The monoisotopic (exact) mass is 298 g/mol. The number of carbonyl (C=O) groups is 1. The van der Waals surface area contributed by atoms with E-state index < -0.39 is 0 Å². The van der Waals surface area contributed by atoms with Crippen molar-refractivity contribution < 1.29 is 9.53 Å². The second kappa shape index (κ2) is 6.98. The van der Waals surface area contributed by atoms with Crippen LogP contribution in [0.4, 0.5) is 11.4 Å². The lowest BCUT2D eigenvalue weighted by Crippen LogP contribution is -2.13. The van der Waals surface area contributed by atoms with E-state index in [0.717, 1.165) is 23.2 Å². The first kappa shape index (κ1) is 15.9. The average Bonchev–Trinajstić information content (AvgIpc) is 2.49. The zero-order valence-corrected chi connectivity index (χ0v) is 13.3. The zero-order valence-electron chi connectivity index (χ0n) is 13.3. The van der Waals surface area contributed by atoms with Crippen molar-refractivity contribution in [3.8, 4) is 5.75 Å². The Hall–Kier alpha value is -2.49. The van der Waals surface area contributed by atoms with Crippen LogP contribution in [0.2, 0.25) is 0 Å². The Kier molecular flexibility index (Phi) is 5.04. The van der Waals surface area contributed by atoms with E-state index in [9.17, 15) is 4.79 Å². The highest BCUT2D eigenvalue weighted by atomic mass is 16.5. The first-order chi connectivity index (χ1) is 10.5. The molecular formula is C18H22N2O2. The van der Waals surface area contributed by atoms with Gasteiger partial charge < -0.3 is 15.8 Å². The maximum atomic E-state index is 12.3. The minimum absolute atomic E-state index is 0.178. The topological polar surface area (TPSA) is 64.3 Å². The Morgan fingerprint density at radius 1 is 1.18 bits per heavy atom. The minimum Gasteiger partial charge on any atom is -0.491 e. The average molecular weight is 298 g/mol. The van der Waals surface area contributed by atoms with Gasteiger partial charge in [-0.1, -0.05) is 19.1 Å². The van der Waals surface area contributed by atoms with Gasteiger partial charge in [-0.05, 0) is 55.7 Å². The molecule has 0 saturated carbocycles. The number of aryl methyl sites for hydroxylation is 2. The standard InChI is InChI=1S/C18H22N2O2/c1-4-9-22-17-8-7-14(11-15(17)19)18(21)20-16-10-12(2)5-6-13(16)3/h5-8,10-11H,4,9,19H2,1-3H3,(H,20,21). The number of amides is 1. The maximum absolute atomic E-state index is 12.3. The summed E-state index contributed by atoms with van der Waals surface area (Å²) in [6, 6.07) is 11.1. The Balaban J connectivity index is 2.16. The molecule has 0 atom stereocenters. The number of carbonyl (C=O) groups excluding carboxylic acids is 1. The van der Waals surface area contributed by atoms with Crippen LogP contribution in [-0.4, -0.2) is 12.5 Å². The molecule has 0 fully saturated rings. The highest BCUT2D eigenvalue weighted by Gasteiger charge is 2.10. The van der Waals surface area contributed by atoms with Crippen molar-refractivity contribution in [2.24, 2.45) is 0 Å². The molecule has 22 heavy (non-hydrogen) atoms. The molecule has 0 unspecified atom stereocenters. The van der Waals surface area contributed by atoms with Crippen molar-refractivity contribution in [3.63, 3.8) is 0 Å². The quantitative estimate of drug-likeness (QED) is 0.822. The van der Waals surface area contributed by atoms with Gasteiger partial charge in [0, 0.05) is 11.3 Å². The highest BCUT2D eigenvalue weighted by Crippen LogP contribution is 2.24. The molecule has 0 heterocycles. The molecule has 0 saturated heterocycles. The number of hydrogen-bond acceptors (Lipinski definition) is 3. The summed E-state index contributed by atoms with van der Waals surface area (Å²) in [7, 11) is 0. The smallest absolute Gasteiger partial charge is 0.255 e. The molecular weight excluding hydrogens is 276 g/mol. The molecule has 1 amide bonds. The van der Waals surface area contributed by atoms with Gasteiger partial charge in [0.1, 0.15) is 5.75 Å². The minimum atomic E-state index is -0.178. The van der Waals surface area contributed by atoms with Gasteiger partial charge in [-0.15, -0.1) is 0 Å². The fourth-order valence-electron chi connectivity index (χ4n) is 2.10. The van der Waals surface area contributed by atoms with Crippen LogP contribution in [0.5, 0.6) is 5.75 Å². The van der Waals surface area contributed by atoms with Gasteiger partial charge in [-0.3, -0.25) is 4.79 Å². The number of nitrogen functional groups attached to an aromatic ring is 1. The largest absolute Gasteiger partial charge is 0.491 e. The van der Waals surface area contributed by atoms with Crippen molar-refractivity contribution in [1.82, 2.24) is 0 Å². The predicted octanol–water partition coefficient (Wildman–Crippen LogP) is 3.93. The molecule has 4 nitrogen and oxygen atoms in total. The fraction of sp³-hybridized carbons (Fsp3) is 0.278. The van der Waals surface area contributed by atoms with E-state index in [4.69, 9.17) is 10.5 Å². The Labute approximate surface area is 131 Å². The van der Waals surface area contributed by atoms with E-state index in [1.165, 1.54) is 0 Å². The van der Waals surface area contributed by atoms with Crippen LogP contribution in [0.3, 0.4) is 0 Å². The molecule has 0 radical (unpaired) electrons. The molecule has 0 bridgehead atoms. The summed E-state index contributed by atoms with van der Waals surface area (Å²) in [5.41, 5.74) is 9.87. The zero-order chi connectivity index (χ0) is 16.1. The summed E-state index contributed by atoms with van der Waals surface area (Å²) in [5, 5.41) is 2.92. The Bertz CT molecular complexity index is 681. The number of anilines is 2. The Morgan fingerprint density at radius 3 is 2.64 bits per heavy atom. The molecule has 2 rings (SSSR count). The van der Waals surface area contributed by atoms with E-state index in [2.05, 4.69) is 5.32 Å². The second-order valence-corrected chi connectivity index (χ2v) is 5.37. The van der Waals surface area contributed by atoms with Crippen molar-refractivity contribution in [3.05, 3.63) is 53.1 Å². The normalized spacial score (nSPS) is 10.3.